The van der Waals surface area contributed by atoms with Crippen molar-refractivity contribution in [2.45, 2.75) is 10.9 Å². The molecule has 0 bridgehead atoms. The zero-order valence-corrected chi connectivity index (χ0v) is 12.0. The molecule has 0 aromatic carbocycles. The Labute approximate surface area is 117 Å². The smallest absolute Gasteiger partial charge is 0.245 e. The molecule has 19 heavy (non-hydrogen) atoms. The fourth-order valence-corrected chi connectivity index (χ4v) is 3.53. The number of halogens is 1. The summed E-state index contributed by atoms with van der Waals surface area (Å²) in [7, 11) is -1.84. The van der Waals surface area contributed by atoms with E-state index in [2.05, 4.69) is 15.3 Å². The van der Waals surface area contributed by atoms with Crippen molar-refractivity contribution >= 4 is 33.5 Å². The highest BCUT2D eigenvalue weighted by atomic mass is 35.5. The van der Waals surface area contributed by atoms with Gasteiger partial charge in [0.25, 0.3) is 0 Å². The number of aromatic amines is 1. The minimum atomic E-state index is -3.46. The summed E-state index contributed by atoms with van der Waals surface area (Å²) in [6, 6.07) is 3.54. The van der Waals surface area contributed by atoms with Crippen LogP contribution < -0.4 is 5.32 Å². The van der Waals surface area contributed by atoms with E-state index in [1.54, 1.807) is 25.4 Å². The summed E-state index contributed by atoms with van der Waals surface area (Å²) in [6.45, 7) is 1.41. The lowest BCUT2D eigenvalue weighted by Crippen LogP contribution is -2.57. The maximum absolute atomic E-state index is 12.5. The molecule has 1 saturated heterocycles. The van der Waals surface area contributed by atoms with Gasteiger partial charge in [0.2, 0.25) is 10.0 Å². The van der Waals surface area contributed by atoms with Gasteiger partial charge in [0.15, 0.2) is 0 Å². The Morgan fingerprint density at radius 1 is 1.42 bits per heavy atom. The van der Waals surface area contributed by atoms with Crippen molar-refractivity contribution in [1.82, 2.24) is 19.6 Å². The molecule has 104 valence electrons. The van der Waals surface area contributed by atoms with Crippen LogP contribution in [0.25, 0.3) is 11.0 Å². The number of nitrogens with zero attached hydrogens (tertiary/aromatic N) is 2. The van der Waals surface area contributed by atoms with Crippen molar-refractivity contribution in [2.75, 3.05) is 20.1 Å². The van der Waals surface area contributed by atoms with Crippen LogP contribution in [-0.4, -0.2) is 48.9 Å². The van der Waals surface area contributed by atoms with Crippen molar-refractivity contribution in [3.63, 3.8) is 0 Å². The number of hydrogen-bond donors (Lipinski definition) is 2. The van der Waals surface area contributed by atoms with Crippen molar-refractivity contribution in [2.24, 2.45) is 0 Å². The zero-order valence-electron chi connectivity index (χ0n) is 10.3. The van der Waals surface area contributed by atoms with Crippen LogP contribution in [0.5, 0.6) is 0 Å². The van der Waals surface area contributed by atoms with Crippen molar-refractivity contribution < 1.29 is 8.42 Å². The summed E-state index contributed by atoms with van der Waals surface area (Å²) in [5, 5.41) is 3.71. The fourth-order valence-electron chi connectivity index (χ4n) is 2.03. The Bertz CT molecular complexity index is 681. The van der Waals surface area contributed by atoms with Crippen LogP contribution in [0.2, 0.25) is 0 Å². The van der Waals surface area contributed by atoms with E-state index in [1.807, 2.05) is 0 Å². The van der Waals surface area contributed by atoms with Crippen LogP contribution in [0.15, 0.2) is 29.4 Å². The number of sulfonamides is 1. The van der Waals surface area contributed by atoms with Gasteiger partial charge in [-0.05, 0) is 12.1 Å². The predicted octanol–water partition coefficient (Wildman–Crippen LogP) is 0.577. The van der Waals surface area contributed by atoms with Crippen LogP contribution in [0, 0.1) is 0 Å². The summed E-state index contributed by atoms with van der Waals surface area (Å²) < 4.78 is 26.4. The van der Waals surface area contributed by atoms with Gasteiger partial charge in [-0.3, -0.25) is 0 Å². The minimum absolute atomic E-state index is 0. The Morgan fingerprint density at radius 3 is 2.79 bits per heavy atom. The number of H-pyrrole nitrogens is 1. The predicted molar refractivity (Wildman–Crippen MR) is 74.9 cm³/mol. The minimum Gasteiger partial charge on any atom is -0.345 e. The third-order valence-electron chi connectivity index (χ3n) is 3.34. The molecule has 0 amide bonds. The molecule has 2 aromatic rings. The molecule has 0 spiro atoms. The number of likely N-dealkylation sites (N-methyl/N-ethyl adjacent to an activating group) is 1. The van der Waals surface area contributed by atoms with Crippen LogP contribution in [-0.2, 0) is 10.0 Å². The molecule has 3 heterocycles. The van der Waals surface area contributed by atoms with E-state index in [0.29, 0.717) is 29.0 Å². The van der Waals surface area contributed by atoms with Crippen molar-refractivity contribution in [3.05, 3.63) is 24.5 Å². The van der Waals surface area contributed by atoms with E-state index in [9.17, 15) is 8.42 Å². The van der Waals surface area contributed by atoms with Crippen LogP contribution >= 0.6 is 12.4 Å². The second-order valence-electron chi connectivity index (χ2n) is 4.39. The monoisotopic (exact) mass is 302 g/mol. The molecule has 6 nitrogen and oxygen atoms in total. The van der Waals surface area contributed by atoms with E-state index in [1.165, 1.54) is 10.5 Å². The number of pyridine rings is 1. The SMILES string of the molecule is CN(C1CNC1)S(=O)(=O)c1c[nH]c2ncccc12.Cl. The second kappa shape index (κ2) is 5.09. The normalized spacial score (nSPS) is 16.3. The van der Waals surface area contributed by atoms with Gasteiger partial charge in [-0.1, -0.05) is 0 Å². The molecular formula is C11H15ClN4O2S. The molecule has 0 saturated carbocycles. The topological polar surface area (TPSA) is 78.1 Å². The zero-order chi connectivity index (χ0) is 12.8. The lowest BCUT2D eigenvalue weighted by atomic mass is 10.2. The lowest BCUT2D eigenvalue weighted by molar-refractivity contribution is 0.274. The molecule has 1 aliphatic heterocycles. The number of rotatable bonds is 3. The van der Waals surface area contributed by atoms with Gasteiger partial charge in [-0.25, -0.2) is 13.4 Å². The molecule has 0 aliphatic carbocycles. The van der Waals surface area contributed by atoms with Gasteiger partial charge in [0, 0.05) is 44.0 Å². The fraction of sp³-hybridized carbons (Fsp3) is 0.364. The van der Waals surface area contributed by atoms with Crippen LogP contribution in [0.3, 0.4) is 0 Å². The van der Waals surface area contributed by atoms with E-state index < -0.39 is 10.0 Å². The first kappa shape index (κ1) is 14.3. The summed E-state index contributed by atoms with van der Waals surface area (Å²) in [5.41, 5.74) is 0.594. The molecule has 3 rings (SSSR count). The third kappa shape index (κ3) is 2.23. The standard InChI is InChI=1S/C11H14N4O2S.ClH/c1-15(8-5-12-6-8)18(16,17)10-7-14-11-9(10)3-2-4-13-11;/h2-4,7-8,12H,5-6H2,1H3,(H,13,14);1H. The van der Waals surface area contributed by atoms with Crippen LogP contribution in [0.4, 0.5) is 0 Å². The highest BCUT2D eigenvalue weighted by molar-refractivity contribution is 7.89. The van der Waals surface area contributed by atoms with Gasteiger partial charge >= 0.3 is 0 Å². The quantitative estimate of drug-likeness (QED) is 0.869. The summed E-state index contributed by atoms with van der Waals surface area (Å²) in [4.78, 5) is 7.29. The summed E-state index contributed by atoms with van der Waals surface area (Å²) in [6.07, 6.45) is 3.14. The summed E-state index contributed by atoms with van der Waals surface area (Å²) in [5.74, 6) is 0. The molecule has 0 atom stereocenters. The van der Waals surface area contributed by atoms with Gasteiger partial charge < -0.3 is 10.3 Å². The highest BCUT2D eigenvalue weighted by Crippen LogP contribution is 2.25. The largest absolute Gasteiger partial charge is 0.345 e. The van der Waals surface area contributed by atoms with Gasteiger partial charge in [-0.15, -0.1) is 12.4 Å². The first-order valence-corrected chi connectivity index (χ1v) is 7.15. The first-order valence-electron chi connectivity index (χ1n) is 5.71. The van der Waals surface area contributed by atoms with E-state index in [0.717, 1.165) is 0 Å². The van der Waals surface area contributed by atoms with Crippen molar-refractivity contribution in [3.8, 4) is 0 Å². The molecule has 2 aromatic heterocycles. The van der Waals surface area contributed by atoms with E-state index in [4.69, 9.17) is 0 Å². The third-order valence-corrected chi connectivity index (χ3v) is 5.29. The van der Waals surface area contributed by atoms with E-state index in [-0.39, 0.29) is 18.4 Å². The molecular weight excluding hydrogens is 288 g/mol. The Morgan fingerprint density at radius 2 is 2.16 bits per heavy atom. The average molecular weight is 303 g/mol. The average Bonchev–Trinajstić information content (AvgIpc) is 2.70. The Hall–Kier alpha value is -1.15. The number of hydrogen-bond acceptors (Lipinski definition) is 4. The molecule has 1 fully saturated rings. The van der Waals surface area contributed by atoms with Gasteiger partial charge in [0.1, 0.15) is 10.5 Å². The maximum atomic E-state index is 12.5. The lowest BCUT2D eigenvalue weighted by Gasteiger charge is -2.34. The molecule has 0 unspecified atom stereocenters. The number of nitrogens with one attached hydrogen (secondary N) is 2. The van der Waals surface area contributed by atoms with Crippen molar-refractivity contribution in [1.29, 1.82) is 0 Å². The number of aromatic nitrogens is 2. The van der Waals surface area contributed by atoms with E-state index >= 15 is 0 Å². The van der Waals surface area contributed by atoms with Crippen LogP contribution in [0.1, 0.15) is 0 Å². The molecule has 2 N–H and O–H groups in total. The molecule has 8 heteroatoms. The van der Waals surface area contributed by atoms with Gasteiger partial charge in [-0.2, -0.15) is 4.31 Å². The molecule has 0 radical (unpaired) electrons. The van der Waals surface area contributed by atoms with Gasteiger partial charge in [0.05, 0.1) is 0 Å². The summed E-state index contributed by atoms with van der Waals surface area (Å²) >= 11 is 0. The Balaban J connectivity index is 0.00000133. The first-order chi connectivity index (χ1) is 8.60. The number of fused-ring (bicyclic) bond motifs is 1. The molecule has 1 aliphatic rings. The maximum Gasteiger partial charge on any atom is 0.245 e. The highest BCUT2D eigenvalue weighted by Gasteiger charge is 2.33. The Kier molecular flexibility index (Phi) is 3.82. The second-order valence-corrected chi connectivity index (χ2v) is 6.35.